The fraction of sp³-hybridized carbons (Fsp3) is 0.0968. The average molecular weight is 441 g/mol. The van der Waals surface area contributed by atoms with Crippen molar-refractivity contribution in [2.75, 3.05) is 0 Å². The summed E-state index contributed by atoms with van der Waals surface area (Å²) in [5, 5.41) is 14.0. The third kappa shape index (κ3) is 2.74. The van der Waals surface area contributed by atoms with Gasteiger partial charge in [0.15, 0.2) is 0 Å². The van der Waals surface area contributed by atoms with Gasteiger partial charge in [-0.3, -0.25) is 0 Å². The number of rotatable bonds is 3. The largest absolute Gasteiger partial charge is 0.392 e. The molecular formula is C31H24N2O. The molecule has 4 aromatic carbocycles. The van der Waals surface area contributed by atoms with Crippen LogP contribution in [0, 0.1) is 0 Å². The van der Waals surface area contributed by atoms with Gasteiger partial charge in [0.25, 0.3) is 0 Å². The number of para-hydroxylation sites is 3. The molecule has 0 radical (unpaired) electrons. The molecule has 1 N–H and O–H groups in total. The molecule has 1 aliphatic rings. The molecular weight excluding hydrogens is 416 g/mol. The Labute approximate surface area is 197 Å². The van der Waals surface area contributed by atoms with Crippen molar-refractivity contribution in [3.8, 4) is 11.4 Å². The van der Waals surface area contributed by atoms with Crippen LogP contribution in [-0.2, 0) is 13.0 Å². The zero-order valence-electron chi connectivity index (χ0n) is 18.8. The van der Waals surface area contributed by atoms with Gasteiger partial charge in [0.1, 0.15) is 0 Å². The first-order valence-corrected chi connectivity index (χ1v) is 11.9. The Hall–Kier alpha value is -4.08. The van der Waals surface area contributed by atoms with Crippen LogP contribution in [0.3, 0.4) is 0 Å². The normalized spacial score (nSPS) is 13.2. The fourth-order valence-corrected chi connectivity index (χ4v) is 5.67. The van der Waals surface area contributed by atoms with Crippen LogP contribution in [0.25, 0.3) is 50.2 Å². The first kappa shape index (κ1) is 19.4. The Balaban J connectivity index is 1.56. The van der Waals surface area contributed by atoms with Gasteiger partial charge in [-0.2, -0.15) is 0 Å². The molecule has 164 valence electrons. The second-order valence-corrected chi connectivity index (χ2v) is 9.04. The summed E-state index contributed by atoms with van der Waals surface area (Å²) >= 11 is 0. The SMILES string of the molecule is OCc1cc(-n2c3c(c4ccccc42)C=CCC3)cc(-n2c3ccccc3c3ccccc32)c1. The maximum Gasteiger partial charge on any atom is 0.0683 e. The Bertz CT molecular complexity index is 1700. The smallest absolute Gasteiger partial charge is 0.0683 e. The third-order valence-corrected chi connectivity index (χ3v) is 7.09. The van der Waals surface area contributed by atoms with E-state index in [1.54, 1.807) is 0 Å². The lowest BCUT2D eigenvalue weighted by Gasteiger charge is -2.17. The molecule has 0 bridgehead atoms. The van der Waals surface area contributed by atoms with Gasteiger partial charge in [0, 0.05) is 38.8 Å². The highest BCUT2D eigenvalue weighted by Crippen LogP contribution is 2.36. The number of fused-ring (bicyclic) bond motifs is 6. The summed E-state index contributed by atoms with van der Waals surface area (Å²) in [6.07, 6.45) is 6.59. The van der Waals surface area contributed by atoms with Crippen molar-refractivity contribution in [2.24, 2.45) is 0 Å². The number of aliphatic hydroxyl groups excluding tert-OH is 1. The van der Waals surface area contributed by atoms with Crippen molar-refractivity contribution in [1.82, 2.24) is 9.13 Å². The lowest BCUT2D eigenvalue weighted by molar-refractivity contribution is 0.282. The predicted octanol–water partition coefficient (Wildman–Crippen LogP) is 7.18. The topological polar surface area (TPSA) is 30.1 Å². The van der Waals surface area contributed by atoms with Gasteiger partial charge in [-0.05, 0) is 54.8 Å². The fourth-order valence-electron chi connectivity index (χ4n) is 5.67. The molecule has 0 spiro atoms. The highest BCUT2D eigenvalue weighted by Gasteiger charge is 2.20. The number of aromatic nitrogens is 2. The van der Waals surface area contributed by atoms with Crippen LogP contribution in [0.2, 0.25) is 0 Å². The summed E-state index contributed by atoms with van der Waals surface area (Å²) < 4.78 is 4.72. The first-order chi connectivity index (χ1) is 16.8. The van der Waals surface area contributed by atoms with Gasteiger partial charge >= 0.3 is 0 Å². The number of aliphatic hydroxyl groups is 1. The number of nitrogens with zero attached hydrogens (tertiary/aromatic N) is 2. The highest BCUT2D eigenvalue weighted by atomic mass is 16.3. The van der Waals surface area contributed by atoms with Crippen LogP contribution < -0.4 is 0 Å². The molecule has 1 aliphatic carbocycles. The minimum Gasteiger partial charge on any atom is -0.392 e. The summed E-state index contributed by atoms with van der Waals surface area (Å²) in [4.78, 5) is 0. The lowest BCUT2D eigenvalue weighted by Crippen LogP contribution is -2.05. The monoisotopic (exact) mass is 440 g/mol. The van der Waals surface area contributed by atoms with Crippen molar-refractivity contribution in [1.29, 1.82) is 0 Å². The summed E-state index contributed by atoms with van der Waals surface area (Å²) in [6.45, 7) is -0.000726. The highest BCUT2D eigenvalue weighted by molar-refractivity contribution is 6.09. The van der Waals surface area contributed by atoms with E-state index in [2.05, 4.69) is 112 Å². The molecule has 0 aliphatic heterocycles. The Morgan fingerprint density at radius 1 is 0.647 bits per heavy atom. The van der Waals surface area contributed by atoms with E-state index in [9.17, 15) is 5.11 Å². The lowest BCUT2D eigenvalue weighted by atomic mass is 10.0. The minimum atomic E-state index is -0.000726. The number of allylic oxidation sites excluding steroid dienone is 1. The van der Waals surface area contributed by atoms with Gasteiger partial charge in [-0.25, -0.2) is 0 Å². The molecule has 34 heavy (non-hydrogen) atoms. The molecule has 0 amide bonds. The number of hydrogen-bond acceptors (Lipinski definition) is 1. The van der Waals surface area contributed by atoms with E-state index in [1.807, 2.05) is 0 Å². The first-order valence-electron chi connectivity index (χ1n) is 11.9. The Morgan fingerprint density at radius 2 is 1.21 bits per heavy atom. The maximum atomic E-state index is 10.2. The summed E-state index contributed by atoms with van der Waals surface area (Å²) in [7, 11) is 0. The molecule has 2 aromatic heterocycles. The van der Waals surface area contributed by atoms with Crippen LogP contribution in [0.15, 0.2) is 97.1 Å². The summed E-state index contributed by atoms with van der Waals surface area (Å²) in [5.74, 6) is 0. The second-order valence-electron chi connectivity index (χ2n) is 9.04. The van der Waals surface area contributed by atoms with Crippen LogP contribution >= 0.6 is 0 Å². The van der Waals surface area contributed by atoms with E-state index < -0.39 is 0 Å². The van der Waals surface area contributed by atoms with Gasteiger partial charge in [-0.15, -0.1) is 0 Å². The van der Waals surface area contributed by atoms with Gasteiger partial charge < -0.3 is 14.2 Å². The van der Waals surface area contributed by atoms with Crippen molar-refractivity contribution < 1.29 is 5.11 Å². The van der Waals surface area contributed by atoms with Crippen molar-refractivity contribution >= 4 is 38.8 Å². The van der Waals surface area contributed by atoms with E-state index in [-0.39, 0.29) is 6.61 Å². The molecule has 6 aromatic rings. The molecule has 0 saturated heterocycles. The summed E-state index contributed by atoms with van der Waals surface area (Å²) in [5.41, 5.74) is 9.28. The Kier molecular flexibility index (Phi) is 4.26. The molecule has 2 heterocycles. The van der Waals surface area contributed by atoms with Gasteiger partial charge in [0.2, 0.25) is 0 Å². The molecule has 3 nitrogen and oxygen atoms in total. The van der Waals surface area contributed by atoms with Crippen LogP contribution in [0.5, 0.6) is 0 Å². The van der Waals surface area contributed by atoms with E-state index >= 15 is 0 Å². The summed E-state index contributed by atoms with van der Waals surface area (Å²) in [6, 6.07) is 32.3. The number of benzene rings is 4. The zero-order chi connectivity index (χ0) is 22.6. The molecule has 0 unspecified atom stereocenters. The van der Waals surface area contributed by atoms with Gasteiger partial charge in [-0.1, -0.05) is 66.7 Å². The molecule has 0 saturated carbocycles. The average Bonchev–Trinajstić information content (AvgIpc) is 3.42. The molecule has 7 rings (SSSR count). The van der Waals surface area contributed by atoms with Crippen LogP contribution in [-0.4, -0.2) is 14.2 Å². The van der Waals surface area contributed by atoms with E-state index in [4.69, 9.17) is 0 Å². The molecule has 3 heteroatoms. The standard InChI is InChI=1S/C31H24N2O/c34-20-21-17-22(32-28-13-5-1-9-24(28)25-10-2-6-14-29(25)32)19-23(18-21)33-30-15-7-3-11-26(30)27-12-4-8-16-31(27)33/h1-7,9-15,17-19,34H,8,16,20H2. The third-order valence-electron chi connectivity index (χ3n) is 7.09. The van der Waals surface area contributed by atoms with Gasteiger partial charge in [0.05, 0.1) is 23.2 Å². The van der Waals surface area contributed by atoms with Crippen LogP contribution in [0.4, 0.5) is 0 Å². The van der Waals surface area contributed by atoms with Crippen molar-refractivity contribution in [3.63, 3.8) is 0 Å². The van der Waals surface area contributed by atoms with Crippen molar-refractivity contribution in [3.05, 3.63) is 114 Å². The Morgan fingerprint density at radius 3 is 1.85 bits per heavy atom. The van der Waals surface area contributed by atoms with E-state index in [0.29, 0.717) is 0 Å². The zero-order valence-corrected chi connectivity index (χ0v) is 18.8. The van der Waals surface area contributed by atoms with Crippen molar-refractivity contribution in [2.45, 2.75) is 19.4 Å². The number of hydrogen-bond donors (Lipinski definition) is 1. The quantitative estimate of drug-likeness (QED) is 0.310. The second kappa shape index (κ2) is 7.47. The van der Waals surface area contributed by atoms with E-state index in [1.165, 1.54) is 44.0 Å². The van der Waals surface area contributed by atoms with Crippen LogP contribution in [0.1, 0.15) is 23.2 Å². The predicted molar refractivity (Wildman–Crippen MR) is 141 cm³/mol. The molecule has 0 fully saturated rings. The minimum absolute atomic E-state index is 0.000726. The molecule has 0 atom stereocenters. The van der Waals surface area contributed by atoms with E-state index in [0.717, 1.165) is 29.8 Å². The maximum absolute atomic E-state index is 10.2.